The van der Waals surface area contributed by atoms with Gasteiger partial charge in [-0.05, 0) is 24.3 Å². The van der Waals surface area contributed by atoms with Crippen molar-refractivity contribution in [3.63, 3.8) is 0 Å². The van der Waals surface area contributed by atoms with Crippen LogP contribution in [0, 0.1) is 0 Å². The van der Waals surface area contributed by atoms with Gasteiger partial charge in [-0.25, -0.2) is 0 Å². The smallest absolute Gasteiger partial charge is 0.142 e. The van der Waals surface area contributed by atoms with Crippen LogP contribution in [-0.2, 0) is 0 Å². The first kappa shape index (κ1) is 11.5. The molecule has 0 aliphatic carbocycles. The van der Waals surface area contributed by atoms with E-state index in [9.17, 15) is 0 Å². The van der Waals surface area contributed by atoms with Crippen LogP contribution in [0.3, 0.4) is 0 Å². The molecular formula is C16H19NO. The highest BCUT2D eigenvalue weighted by molar-refractivity contribution is 5.88. The number of likely N-dealkylation sites (tertiary alicyclic amines) is 1. The molecule has 1 heterocycles. The summed E-state index contributed by atoms with van der Waals surface area (Å²) in [6, 6.07) is 14.6. The highest BCUT2D eigenvalue weighted by Crippen LogP contribution is 2.25. The maximum atomic E-state index is 5.98. The summed E-state index contributed by atoms with van der Waals surface area (Å²) in [7, 11) is 0. The second-order valence-corrected chi connectivity index (χ2v) is 4.93. The molecule has 0 atom stereocenters. The average Bonchev–Trinajstić information content (AvgIpc) is 2.46. The molecule has 0 saturated carbocycles. The van der Waals surface area contributed by atoms with Crippen LogP contribution < -0.4 is 4.74 Å². The predicted octanol–water partition coefficient (Wildman–Crippen LogP) is 3.66. The zero-order valence-electron chi connectivity index (χ0n) is 10.6. The van der Waals surface area contributed by atoms with Gasteiger partial charge in [0.25, 0.3) is 0 Å². The van der Waals surface area contributed by atoms with Crippen LogP contribution in [0.4, 0.5) is 0 Å². The Morgan fingerprint density at radius 3 is 2.56 bits per heavy atom. The number of rotatable bonds is 3. The lowest BCUT2D eigenvalue weighted by Crippen LogP contribution is -2.33. The Kier molecular flexibility index (Phi) is 3.47. The van der Waals surface area contributed by atoms with E-state index in [0.29, 0.717) is 6.73 Å². The molecule has 2 aromatic rings. The van der Waals surface area contributed by atoms with E-state index in [4.69, 9.17) is 4.74 Å². The number of nitrogens with zero attached hydrogens (tertiary/aromatic N) is 1. The maximum absolute atomic E-state index is 5.98. The topological polar surface area (TPSA) is 12.5 Å². The molecule has 2 aromatic carbocycles. The summed E-state index contributed by atoms with van der Waals surface area (Å²) in [5.74, 6) is 0.999. The molecule has 0 N–H and O–H groups in total. The van der Waals surface area contributed by atoms with Crippen LogP contribution >= 0.6 is 0 Å². The lowest BCUT2D eigenvalue weighted by atomic mass is 10.1. The van der Waals surface area contributed by atoms with Gasteiger partial charge < -0.3 is 4.74 Å². The molecule has 1 saturated heterocycles. The van der Waals surface area contributed by atoms with Gasteiger partial charge in [0, 0.05) is 18.5 Å². The number of ether oxygens (including phenoxy) is 1. The Morgan fingerprint density at radius 1 is 0.889 bits per heavy atom. The van der Waals surface area contributed by atoms with Crippen molar-refractivity contribution in [1.82, 2.24) is 4.90 Å². The van der Waals surface area contributed by atoms with E-state index in [0.717, 1.165) is 5.75 Å². The highest BCUT2D eigenvalue weighted by Gasteiger charge is 2.10. The highest BCUT2D eigenvalue weighted by atomic mass is 16.5. The van der Waals surface area contributed by atoms with Gasteiger partial charge in [0.05, 0.1) is 0 Å². The van der Waals surface area contributed by atoms with E-state index in [-0.39, 0.29) is 0 Å². The summed E-state index contributed by atoms with van der Waals surface area (Å²) < 4.78 is 5.98. The minimum atomic E-state index is 0.716. The summed E-state index contributed by atoms with van der Waals surface area (Å²) in [4.78, 5) is 2.39. The van der Waals surface area contributed by atoms with Gasteiger partial charge in [0.1, 0.15) is 12.5 Å². The van der Waals surface area contributed by atoms with Crippen molar-refractivity contribution in [3.8, 4) is 5.75 Å². The summed E-state index contributed by atoms with van der Waals surface area (Å²) in [6.07, 6.45) is 3.97. The molecule has 2 heteroatoms. The molecule has 0 aromatic heterocycles. The fourth-order valence-corrected chi connectivity index (χ4v) is 2.57. The Bertz CT molecular complexity index is 512. The largest absolute Gasteiger partial charge is 0.477 e. The van der Waals surface area contributed by atoms with Crippen molar-refractivity contribution in [2.45, 2.75) is 19.3 Å². The zero-order chi connectivity index (χ0) is 12.2. The molecule has 3 rings (SSSR count). The van der Waals surface area contributed by atoms with Crippen molar-refractivity contribution in [1.29, 1.82) is 0 Å². The number of hydrogen-bond acceptors (Lipinski definition) is 2. The second kappa shape index (κ2) is 5.40. The van der Waals surface area contributed by atoms with E-state index < -0.39 is 0 Å². The zero-order valence-corrected chi connectivity index (χ0v) is 10.6. The number of piperidine rings is 1. The van der Waals surface area contributed by atoms with Crippen molar-refractivity contribution < 1.29 is 4.74 Å². The molecule has 0 bridgehead atoms. The van der Waals surface area contributed by atoms with Crippen molar-refractivity contribution >= 4 is 10.8 Å². The quantitative estimate of drug-likeness (QED) is 0.813. The summed E-state index contributed by atoms with van der Waals surface area (Å²) >= 11 is 0. The molecule has 1 aliphatic heterocycles. The fraction of sp³-hybridized carbons (Fsp3) is 0.375. The minimum absolute atomic E-state index is 0.716. The number of benzene rings is 2. The van der Waals surface area contributed by atoms with Crippen LogP contribution in [0.1, 0.15) is 19.3 Å². The van der Waals surface area contributed by atoms with Crippen molar-refractivity contribution in [3.05, 3.63) is 42.5 Å². The normalized spacial score (nSPS) is 16.9. The van der Waals surface area contributed by atoms with Crippen LogP contribution in [0.25, 0.3) is 10.8 Å². The average molecular weight is 241 g/mol. The number of fused-ring (bicyclic) bond motifs is 1. The first-order chi connectivity index (χ1) is 8.93. The first-order valence-corrected chi connectivity index (χ1v) is 6.76. The van der Waals surface area contributed by atoms with Gasteiger partial charge in [-0.1, -0.05) is 42.8 Å². The van der Waals surface area contributed by atoms with Gasteiger partial charge in [0.2, 0.25) is 0 Å². The third-order valence-corrected chi connectivity index (χ3v) is 3.60. The number of hydrogen-bond donors (Lipinski definition) is 0. The molecular weight excluding hydrogens is 222 g/mol. The monoisotopic (exact) mass is 241 g/mol. The molecule has 1 aliphatic rings. The first-order valence-electron chi connectivity index (χ1n) is 6.76. The maximum Gasteiger partial charge on any atom is 0.142 e. The second-order valence-electron chi connectivity index (χ2n) is 4.93. The molecule has 18 heavy (non-hydrogen) atoms. The summed E-state index contributed by atoms with van der Waals surface area (Å²) in [5.41, 5.74) is 0. The SMILES string of the molecule is c1ccc2c(OCN3CCCCC3)cccc2c1. The van der Waals surface area contributed by atoms with Crippen LogP contribution in [0.2, 0.25) is 0 Å². The lowest BCUT2D eigenvalue weighted by molar-refractivity contribution is 0.108. The van der Waals surface area contributed by atoms with Crippen LogP contribution in [-0.4, -0.2) is 24.7 Å². The molecule has 2 nitrogen and oxygen atoms in total. The van der Waals surface area contributed by atoms with Gasteiger partial charge in [-0.15, -0.1) is 0 Å². The Balaban J connectivity index is 1.74. The molecule has 0 unspecified atom stereocenters. The molecule has 0 amide bonds. The summed E-state index contributed by atoms with van der Waals surface area (Å²) in [5, 5.41) is 2.45. The minimum Gasteiger partial charge on any atom is -0.477 e. The standard InChI is InChI=1S/C16H19NO/c1-4-11-17(12-5-1)13-18-16-10-6-8-14-7-2-3-9-15(14)16/h2-3,6-10H,1,4-5,11-13H2. The van der Waals surface area contributed by atoms with Gasteiger partial charge in [-0.2, -0.15) is 0 Å². The van der Waals surface area contributed by atoms with E-state index >= 15 is 0 Å². The molecule has 1 fully saturated rings. The van der Waals surface area contributed by atoms with E-state index in [1.54, 1.807) is 0 Å². The Hall–Kier alpha value is -1.54. The van der Waals surface area contributed by atoms with Crippen LogP contribution in [0.5, 0.6) is 5.75 Å². The lowest BCUT2D eigenvalue weighted by Gasteiger charge is -2.26. The van der Waals surface area contributed by atoms with Crippen molar-refractivity contribution in [2.24, 2.45) is 0 Å². The Labute approximate surface area is 108 Å². The van der Waals surface area contributed by atoms with Gasteiger partial charge >= 0.3 is 0 Å². The van der Waals surface area contributed by atoms with E-state index in [1.165, 1.54) is 43.1 Å². The van der Waals surface area contributed by atoms with Gasteiger partial charge in [0.15, 0.2) is 0 Å². The Morgan fingerprint density at radius 2 is 1.67 bits per heavy atom. The van der Waals surface area contributed by atoms with E-state index in [1.807, 2.05) is 0 Å². The summed E-state index contributed by atoms with van der Waals surface area (Å²) in [6.45, 7) is 3.06. The molecule has 0 radical (unpaired) electrons. The fourth-order valence-electron chi connectivity index (χ4n) is 2.57. The third-order valence-electron chi connectivity index (χ3n) is 3.60. The van der Waals surface area contributed by atoms with Crippen molar-refractivity contribution in [2.75, 3.05) is 19.8 Å². The van der Waals surface area contributed by atoms with E-state index in [2.05, 4.69) is 47.4 Å². The van der Waals surface area contributed by atoms with Crippen LogP contribution in [0.15, 0.2) is 42.5 Å². The molecule has 0 spiro atoms. The predicted molar refractivity (Wildman–Crippen MR) is 74.9 cm³/mol. The third kappa shape index (κ3) is 2.49. The molecule has 94 valence electrons. The van der Waals surface area contributed by atoms with Gasteiger partial charge in [-0.3, -0.25) is 4.90 Å².